The minimum Gasteiger partial charge on any atom is -0.490 e. The molecule has 0 saturated heterocycles. The van der Waals surface area contributed by atoms with Crippen LogP contribution in [-0.4, -0.2) is 23.2 Å². The maximum Gasteiger partial charge on any atom is 0.412 e. The molecule has 0 unspecified atom stereocenters. The predicted molar refractivity (Wildman–Crippen MR) is 116 cm³/mol. The first kappa shape index (κ1) is 21.0. The van der Waals surface area contributed by atoms with Gasteiger partial charge in [0.15, 0.2) is 0 Å². The lowest BCUT2D eigenvalue weighted by molar-refractivity contribution is 0.0640. The molecule has 7 nitrogen and oxygen atoms in total. The van der Waals surface area contributed by atoms with E-state index in [1.165, 1.54) is 24.3 Å². The number of furan rings is 1. The van der Waals surface area contributed by atoms with Crippen molar-refractivity contribution >= 4 is 23.0 Å². The minimum atomic E-state index is -1.25. The molecule has 32 heavy (non-hydrogen) atoms. The molecule has 2 heterocycles. The molecule has 0 aliphatic heterocycles. The number of hydrogen-bond donors (Lipinski definition) is 1. The number of rotatable bonds is 5. The zero-order valence-electron chi connectivity index (χ0n) is 17.3. The van der Waals surface area contributed by atoms with Crippen molar-refractivity contribution in [2.45, 2.75) is 20.0 Å². The van der Waals surface area contributed by atoms with Gasteiger partial charge in [-0.3, -0.25) is 4.98 Å². The Kier molecular flexibility index (Phi) is 5.59. The lowest BCUT2D eigenvalue weighted by Crippen LogP contribution is -2.18. The number of hydrogen-bond acceptors (Lipinski definition) is 6. The number of primary amides is 1. The van der Waals surface area contributed by atoms with E-state index in [-0.39, 0.29) is 17.4 Å². The fraction of sp³-hybridized carbons (Fsp3) is 0.125. The van der Waals surface area contributed by atoms with Crippen LogP contribution in [0.4, 0.5) is 9.18 Å². The molecule has 2 aromatic carbocycles. The van der Waals surface area contributed by atoms with Gasteiger partial charge < -0.3 is 19.6 Å². The normalized spacial score (nSPS) is 11.0. The molecule has 0 radical (unpaired) electrons. The highest BCUT2D eigenvalue weighted by Gasteiger charge is 2.27. The Hall–Kier alpha value is -4.20. The Bertz CT molecular complexity index is 1300. The highest BCUT2D eigenvalue weighted by molar-refractivity contribution is 6.12. The first-order valence-electron chi connectivity index (χ1n) is 9.78. The smallest absolute Gasteiger partial charge is 0.412 e. The van der Waals surface area contributed by atoms with E-state index in [2.05, 4.69) is 9.72 Å². The van der Waals surface area contributed by atoms with Crippen LogP contribution in [0, 0.1) is 5.82 Å². The van der Waals surface area contributed by atoms with E-state index in [9.17, 15) is 14.0 Å². The van der Waals surface area contributed by atoms with Gasteiger partial charge >= 0.3 is 12.1 Å². The molecule has 0 atom stereocenters. The Morgan fingerprint density at radius 3 is 2.34 bits per heavy atom. The van der Waals surface area contributed by atoms with Gasteiger partial charge in [-0.1, -0.05) is 0 Å². The lowest BCUT2D eigenvalue weighted by Gasteiger charge is -2.14. The molecule has 8 heteroatoms. The summed E-state index contributed by atoms with van der Waals surface area (Å²) in [5.74, 6) is -0.812. The average molecular weight is 434 g/mol. The van der Waals surface area contributed by atoms with E-state index >= 15 is 0 Å². The summed E-state index contributed by atoms with van der Waals surface area (Å²) in [6.45, 7) is 3.75. The highest BCUT2D eigenvalue weighted by atomic mass is 19.1. The van der Waals surface area contributed by atoms with Crippen LogP contribution in [0.5, 0.6) is 5.75 Å². The van der Waals surface area contributed by atoms with Gasteiger partial charge in [0.05, 0.1) is 6.10 Å². The van der Waals surface area contributed by atoms with Gasteiger partial charge in [0.2, 0.25) is 0 Å². The number of amides is 1. The molecule has 0 aliphatic carbocycles. The van der Waals surface area contributed by atoms with Gasteiger partial charge in [0.25, 0.3) is 0 Å². The van der Waals surface area contributed by atoms with Crippen molar-refractivity contribution in [1.82, 2.24) is 4.98 Å². The molecule has 2 aromatic heterocycles. The van der Waals surface area contributed by atoms with Crippen molar-refractivity contribution in [3.63, 3.8) is 0 Å². The van der Waals surface area contributed by atoms with Crippen molar-refractivity contribution in [3.8, 4) is 28.2 Å². The molecule has 4 rings (SSSR count). The summed E-state index contributed by atoms with van der Waals surface area (Å²) in [5, 5.41) is 0.365. The topological polar surface area (TPSA) is 105 Å². The van der Waals surface area contributed by atoms with Gasteiger partial charge in [0, 0.05) is 28.9 Å². The van der Waals surface area contributed by atoms with Gasteiger partial charge in [-0.05, 0) is 67.9 Å². The molecular weight excluding hydrogens is 415 g/mol. The standard InChI is InChI=1S/C24H19FN2O5/c1-13(2)30-19-12-18-20(11-17(19)14-7-9-27-10-8-14)31-22(15-3-5-16(25)6-4-15)21(18)23(28)32-24(26)29/h3-13H,1-2H3,(H2,26,29). The molecule has 4 aromatic rings. The van der Waals surface area contributed by atoms with Crippen LogP contribution in [0.3, 0.4) is 0 Å². The molecule has 0 fully saturated rings. The summed E-state index contributed by atoms with van der Waals surface area (Å²) in [5.41, 5.74) is 7.38. The average Bonchev–Trinajstić information content (AvgIpc) is 3.12. The second-order valence-corrected chi connectivity index (χ2v) is 7.27. The lowest BCUT2D eigenvalue weighted by atomic mass is 10.0. The third-order valence-electron chi connectivity index (χ3n) is 4.65. The molecule has 0 saturated carbocycles. The number of pyridine rings is 1. The van der Waals surface area contributed by atoms with Crippen LogP contribution in [0.15, 0.2) is 65.3 Å². The van der Waals surface area contributed by atoms with Crippen molar-refractivity contribution in [3.05, 3.63) is 72.3 Å². The predicted octanol–water partition coefficient (Wildman–Crippen LogP) is 5.32. The fourth-order valence-electron chi connectivity index (χ4n) is 3.38. The number of esters is 1. The summed E-state index contributed by atoms with van der Waals surface area (Å²) in [7, 11) is 0. The van der Waals surface area contributed by atoms with Crippen LogP contribution < -0.4 is 10.5 Å². The van der Waals surface area contributed by atoms with Gasteiger partial charge in [-0.2, -0.15) is 0 Å². The number of carbonyl (C=O) groups is 2. The quantitative estimate of drug-likeness (QED) is 0.337. The van der Waals surface area contributed by atoms with E-state index < -0.39 is 17.9 Å². The van der Waals surface area contributed by atoms with Crippen LogP contribution in [0.2, 0.25) is 0 Å². The molecule has 0 bridgehead atoms. The van der Waals surface area contributed by atoms with E-state index in [4.69, 9.17) is 14.9 Å². The summed E-state index contributed by atoms with van der Waals surface area (Å²) in [6, 6.07) is 12.4. The number of benzene rings is 2. The first-order valence-corrected chi connectivity index (χ1v) is 9.78. The van der Waals surface area contributed by atoms with Gasteiger partial charge in [0.1, 0.15) is 28.5 Å². The van der Waals surface area contributed by atoms with E-state index in [0.717, 1.165) is 11.1 Å². The summed E-state index contributed by atoms with van der Waals surface area (Å²) >= 11 is 0. The van der Waals surface area contributed by atoms with Crippen LogP contribution in [-0.2, 0) is 4.74 Å². The van der Waals surface area contributed by atoms with E-state index in [1.54, 1.807) is 24.5 Å². The Labute approximate surface area is 182 Å². The number of carbonyl (C=O) groups excluding carboxylic acids is 2. The summed E-state index contributed by atoms with van der Waals surface area (Å²) < 4.78 is 30.1. The van der Waals surface area contributed by atoms with E-state index in [1.807, 2.05) is 26.0 Å². The molecule has 2 N–H and O–H groups in total. The van der Waals surface area contributed by atoms with Crippen molar-refractivity contribution in [1.29, 1.82) is 0 Å². The summed E-state index contributed by atoms with van der Waals surface area (Å²) in [4.78, 5) is 28.1. The number of fused-ring (bicyclic) bond motifs is 1. The van der Waals surface area contributed by atoms with Gasteiger partial charge in [-0.25, -0.2) is 14.0 Å². The Balaban J connectivity index is 2.00. The number of aromatic nitrogens is 1. The van der Waals surface area contributed by atoms with Gasteiger partial charge in [-0.15, -0.1) is 0 Å². The summed E-state index contributed by atoms with van der Waals surface area (Å²) in [6.07, 6.45) is 1.90. The zero-order chi connectivity index (χ0) is 22.8. The maximum absolute atomic E-state index is 13.4. The highest BCUT2D eigenvalue weighted by Crippen LogP contribution is 2.41. The largest absolute Gasteiger partial charge is 0.490 e. The number of nitrogens with zero attached hydrogens (tertiary/aromatic N) is 1. The van der Waals surface area contributed by atoms with Crippen molar-refractivity contribution in [2.75, 3.05) is 0 Å². The number of nitrogens with two attached hydrogens (primary N) is 1. The van der Waals surface area contributed by atoms with Crippen LogP contribution in [0.1, 0.15) is 24.2 Å². The molecule has 0 aliphatic rings. The monoisotopic (exact) mass is 434 g/mol. The molecule has 1 amide bonds. The third-order valence-corrected chi connectivity index (χ3v) is 4.65. The Morgan fingerprint density at radius 2 is 1.72 bits per heavy atom. The van der Waals surface area contributed by atoms with E-state index in [0.29, 0.717) is 22.3 Å². The SMILES string of the molecule is CC(C)Oc1cc2c(C(=O)OC(N)=O)c(-c3ccc(F)cc3)oc2cc1-c1ccncc1. The number of halogens is 1. The van der Waals surface area contributed by atoms with Crippen LogP contribution >= 0.6 is 0 Å². The first-order chi connectivity index (χ1) is 15.3. The second kappa shape index (κ2) is 8.50. The second-order valence-electron chi connectivity index (χ2n) is 7.27. The number of ether oxygens (including phenoxy) is 2. The molecular formula is C24H19FN2O5. The Morgan fingerprint density at radius 1 is 1.03 bits per heavy atom. The maximum atomic E-state index is 13.4. The molecule has 0 spiro atoms. The van der Waals surface area contributed by atoms with Crippen LogP contribution in [0.25, 0.3) is 33.4 Å². The van der Waals surface area contributed by atoms with Crippen molar-refractivity contribution in [2.24, 2.45) is 5.73 Å². The molecule has 162 valence electrons. The third kappa shape index (κ3) is 4.15. The zero-order valence-corrected chi connectivity index (χ0v) is 17.3. The minimum absolute atomic E-state index is 0.0136. The van der Waals surface area contributed by atoms with Crippen molar-refractivity contribution < 1.29 is 27.9 Å². The fourth-order valence-corrected chi connectivity index (χ4v) is 3.38.